The Kier molecular flexibility index (Phi) is 7.25. The second-order valence-electron chi connectivity index (χ2n) is 9.87. The molecule has 3 N–H and O–H groups in total. The minimum absolute atomic E-state index is 0.00627. The lowest BCUT2D eigenvalue weighted by molar-refractivity contribution is -0.119. The van der Waals surface area contributed by atoms with E-state index in [0.717, 1.165) is 10.2 Å². The maximum Gasteiger partial charge on any atom is 0.283 e. The number of nitrogens with zero attached hydrogens (tertiary/aromatic N) is 3. The molecule has 0 aliphatic heterocycles. The second kappa shape index (κ2) is 10.3. The number of H-pyrrole nitrogens is 1. The van der Waals surface area contributed by atoms with E-state index >= 15 is 4.39 Å². The van der Waals surface area contributed by atoms with Crippen LogP contribution in [0.25, 0.3) is 27.7 Å². The van der Waals surface area contributed by atoms with Crippen molar-refractivity contribution >= 4 is 22.4 Å². The molecule has 4 rings (SSSR count). The van der Waals surface area contributed by atoms with E-state index in [-0.39, 0.29) is 34.5 Å². The monoisotopic (exact) mass is 521 g/mol. The maximum absolute atomic E-state index is 15.2. The van der Waals surface area contributed by atoms with Crippen molar-refractivity contribution in [3.8, 4) is 16.9 Å². The fraction of sp³-hybridized carbons (Fsp3) is 0.296. The Morgan fingerprint density at radius 2 is 1.97 bits per heavy atom. The number of methoxy groups -OCH3 is 1. The number of aromatic nitrogens is 4. The summed E-state index contributed by atoms with van der Waals surface area (Å²) in [7, 11) is 1.36. The molecule has 0 bridgehead atoms. The van der Waals surface area contributed by atoms with Crippen LogP contribution in [0.2, 0.25) is 0 Å². The van der Waals surface area contributed by atoms with Gasteiger partial charge in [-0.3, -0.25) is 14.4 Å². The van der Waals surface area contributed by atoms with Crippen LogP contribution in [0.1, 0.15) is 37.5 Å². The molecule has 0 saturated heterocycles. The Morgan fingerprint density at radius 3 is 2.63 bits per heavy atom. The SMILES string of the molecule is COCC(=O)Nc1c(C)c(-c2ccnc(-n3ncc4cc(C(C)(C)C)cc(F)c4c3=O)c2CO)c[nH]c1=O. The Bertz CT molecular complexity index is 1670. The van der Waals surface area contributed by atoms with Crippen LogP contribution in [-0.2, 0) is 21.6 Å². The van der Waals surface area contributed by atoms with E-state index in [1.54, 1.807) is 19.1 Å². The Balaban J connectivity index is 1.90. The summed E-state index contributed by atoms with van der Waals surface area (Å²) in [4.78, 5) is 44.7. The number of ether oxygens (including phenoxy) is 1. The molecule has 10 nitrogen and oxygen atoms in total. The number of fused-ring (bicyclic) bond motifs is 1. The van der Waals surface area contributed by atoms with Crippen molar-refractivity contribution in [2.75, 3.05) is 19.0 Å². The number of aromatic amines is 1. The molecule has 38 heavy (non-hydrogen) atoms. The molecule has 0 fully saturated rings. The lowest BCUT2D eigenvalue weighted by Crippen LogP contribution is -2.25. The van der Waals surface area contributed by atoms with Gasteiger partial charge in [0.15, 0.2) is 5.82 Å². The molecule has 0 atom stereocenters. The molecule has 0 spiro atoms. The molecular weight excluding hydrogens is 493 g/mol. The first-order valence-corrected chi connectivity index (χ1v) is 11.8. The number of hydrogen-bond acceptors (Lipinski definition) is 7. The highest BCUT2D eigenvalue weighted by Crippen LogP contribution is 2.31. The van der Waals surface area contributed by atoms with Gasteiger partial charge in [0, 0.05) is 36.0 Å². The van der Waals surface area contributed by atoms with Gasteiger partial charge in [0.2, 0.25) is 0 Å². The van der Waals surface area contributed by atoms with Gasteiger partial charge in [0.1, 0.15) is 18.1 Å². The Hall–Kier alpha value is -4.22. The summed E-state index contributed by atoms with van der Waals surface area (Å²) in [5.41, 5.74) is 0.704. The molecule has 0 aliphatic rings. The molecule has 0 unspecified atom stereocenters. The van der Waals surface area contributed by atoms with Crippen LogP contribution in [0, 0.1) is 12.7 Å². The van der Waals surface area contributed by atoms with E-state index in [2.05, 4.69) is 20.4 Å². The third kappa shape index (κ3) is 4.85. The normalized spacial score (nSPS) is 11.7. The smallest absolute Gasteiger partial charge is 0.283 e. The van der Waals surface area contributed by atoms with Crippen LogP contribution < -0.4 is 16.4 Å². The third-order valence-electron chi connectivity index (χ3n) is 6.28. The standard InChI is InChI=1S/C27H28FN5O5/c1-14-18(11-30-25(36)23(14)32-21(35)13-38-5)17-6-7-29-24(19(17)12-34)33-26(37)22-15(10-31-33)8-16(9-20(22)28)27(2,3)4/h6-11,34H,12-13H2,1-5H3,(H,30,36)(H,32,35). The molecule has 11 heteroatoms. The van der Waals surface area contributed by atoms with E-state index in [1.165, 1.54) is 31.8 Å². The fourth-order valence-corrected chi connectivity index (χ4v) is 4.25. The van der Waals surface area contributed by atoms with Gasteiger partial charge in [-0.25, -0.2) is 9.37 Å². The molecule has 1 amide bonds. The number of carbonyl (C=O) groups excluding carboxylic acids is 1. The number of amides is 1. The quantitative estimate of drug-likeness (QED) is 0.354. The highest BCUT2D eigenvalue weighted by atomic mass is 19.1. The zero-order valence-electron chi connectivity index (χ0n) is 21.7. The first-order valence-electron chi connectivity index (χ1n) is 11.8. The van der Waals surface area contributed by atoms with Crippen LogP contribution >= 0.6 is 0 Å². The zero-order valence-corrected chi connectivity index (χ0v) is 21.7. The fourth-order valence-electron chi connectivity index (χ4n) is 4.25. The van der Waals surface area contributed by atoms with Crippen molar-refractivity contribution in [1.29, 1.82) is 0 Å². The number of pyridine rings is 2. The summed E-state index contributed by atoms with van der Waals surface area (Å²) >= 11 is 0. The number of hydrogen-bond donors (Lipinski definition) is 3. The van der Waals surface area contributed by atoms with Gasteiger partial charge >= 0.3 is 0 Å². The Labute approximate surface area is 217 Å². The lowest BCUT2D eigenvalue weighted by Gasteiger charge is -2.20. The van der Waals surface area contributed by atoms with E-state index in [1.807, 2.05) is 20.8 Å². The number of nitrogens with one attached hydrogen (secondary N) is 2. The van der Waals surface area contributed by atoms with Crippen molar-refractivity contribution in [2.24, 2.45) is 0 Å². The van der Waals surface area contributed by atoms with E-state index in [4.69, 9.17) is 4.74 Å². The summed E-state index contributed by atoms with van der Waals surface area (Å²) in [6.45, 7) is 6.68. The first-order chi connectivity index (χ1) is 18.0. The number of anilines is 1. The van der Waals surface area contributed by atoms with Crippen LogP contribution in [0.5, 0.6) is 0 Å². The van der Waals surface area contributed by atoms with Gasteiger partial charge in [0.05, 0.1) is 18.2 Å². The summed E-state index contributed by atoms with van der Waals surface area (Å²) in [5.74, 6) is -1.19. The topological polar surface area (TPSA) is 139 Å². The molecule has 1 aromatic carbocycles. The zero-order chi connectivity index (χ0) is 27.8. The van der Waals surface area contributed by atoms with E-state index < -0.39 is 29.4 Å². The molecule has 0 aliphatic carbocycles. The maximum atomic E-state index is 15.2. The van der Waals surface area contributed by atoms with Crippen molar-refractivity contribution in [3.05, 3.63) is 80.0 Å². The predicted molar refractivity (Wildman–Crippen MR) is 141 cm³/mol. The van der Waals surface area contributed by atoms with Gasteiger partial charge in [0.25, 0.3) is 17.0 Å². The highest BCUT2D eigenvalue weighted by Gasteiger charge is 2.22. The Morgan fingerprint density at radius 1 is 1.24 bits per heavy atom. The number of benzene rings is 1. The van der Waals surface area contributed by atoms with Crippen LogP contribution in [0.3, 0.4) is 0 Å². The largest absolute Gasteiger partial charge is 0.392 e. The lowest BCUT2D eigenvalue weighted by atomic mass is 9.86. The number of halogens is 1. The summed E-state index contributed by atoms with van der Waals surface area (Å²) < 4.78 is 20.9. The summed E-state index contributed by atoms with van der Waals surface area (Å²) in [5, 5.41) is 17.3. The van der Waals surface area contributed by atoms with Crippen LogP contribution in [0.15, 0.2) is 46.4 Å². The van der Waals surface area contributed by atoms with E-state index in [0.29, 0.717) is 22.1 Å². The van der Waals surface area contributed by atoms with Crippen molar-refractivity contribution in [3.63, 3.8) is 0 Å². The first kappa shape index (κ1) is 26.8. The minimum atomic E-state index is -0.731. The molecule has 0 radical (unpaired) electrons. The van der Waals surface area contributed by atoms with Crippen LogP contribution in [-0.4, -0.2) is 44.5 Å². The number of rotatable bonds is 6. The minimum Gasteiger partial charge on any atom is -0.392 e. The van der Waals surface area contributed by atoms with Gasteiger partial charge < -0.3 is 20.1 Å². The molecule has 0 saturated carbocycles. The van der Waals surface area contributed by atoms with Crippen molar-refractivity contribution in [1.82, 2.24) is 19.7 Å². The number of aliphatic hydroxyl groups is 1. The molecule has 4 aromatic rings. The van der Waals surface area contributed by atoms with E-state index in [9.17, 15) is 19.5 Å². The molecular formula is C27H28FN5O5. The van der Waals surface area contributed by atoms with Crippen molar-refractivity contribution < 1.29 is 19.0 Å². The van der Waals surface area contributed by atoms with Gasteiger partial charge in [-0.15, -0.1) is 0 Å². The molecule has 3 aromatic heterocycles. The van der Waals surface area contributed by atoms with Gasteiger partial charge in [-0.05, 0) is 47.2 Å². The summed E-state index contributed by atoms with van der Waals surface area (Å²) in [6.07, 6.45) is 4.24. The molecule has 198 valence electrons. The van der Waals surface area contributed by atoms with Crippen LogP contribution in [0.4, 0.5) is 10.1 Å². The average molecular weight is 522 g/mol. The number of carbonyl (C=O) groups is 1. The average Bonchev–Trinajstić information content (AvgIpc) is 2.86. The second-order valence-corrected chi connectivity index (χ2v) is 9.87. The van der Waals surface area contributed by atoms with Gasteiger partial charge in [-0.2, -0.15) is 9.78 Å². The number of aliphatic hydroxyl groups excluding tert-OH is 1. The predicted octanol–water partition coefficient (Wildman–Crippen LogP) is 2.96. The van der Waals surface area contributed by atoms with Crippen molar-refractivity contribution in [2.45, 2.75) is 39.7 Å². The summed E-state index contributed by atoms with van der Waals surface area (Å²) in [6, 6.07) is 4.67. The third-order valence-corrected chi connectivity index (χ3v) is 6.28. The highest BCUT2D eigenvalue weighted by molar-refractivity contribution is 5.93. The van der Waals surface area contributed by atoms with Gasteiger partial charge in [-0.1, -0.05) is 20.8 Å². The molecule has 3 heterocycles.